The van der Waals surface area contributed by atoms with E-state index < -0.39 is 26.6 Å². The summed E-state index contributed by atoms with van der Waals surface area (Å²) < 4.78 is 65.3. The van der Waals surface area contributed by atoms with E-state index in [9.17, 15) is 17.2 Å². The van der Waals surface area contributed by atoms with Gasteiger partial charge in [-0.3, -0.25) is 4.72 Å². The van der Waals surface area contributed by atoms with Crippen LogP contribution in [0.3, 0.4) is 0 Å². The number of nitrogens with one attached hydrogen (secondary N) is 2. The van der Waals surface area contributed by atoms with Crippen LogP contribution in [0.2, 0.25) is 5.02 Å². The van der Waals surface area contributed by atoms with Gasteiger partial charge in [-0.2, -0.15) is 4.37 Å². The molecular formula is C20H19ClF2N4O3S2. The van der Waals surface area contributed by atoms with Crippen LogP contribution in [0.15, 0.2) is 47.6 Å². The lowest BCUT2D eigenvalue weighted by atomic mass is 9.81. The largest absolute Gasteiger partial charge is 0.490 e. The lowest BCUT2D eigenvalue weighted by Gasteiger charge is -2.32. The zero-order valence-corrected chi connectivity index (χ0v) is 19.0. The van der Waals surface area contributed by atoms with Crippen LogP contribution in [0.4, 0.5) is 13.9 Å². The van der Waals surface area contributed by atoms with Crippen LogP contribution in [0.5, 0.6) is 5.75 Å². The van der Waals surface area contributed by atoms with Crippen molar-refractivity contribution in [2.45, 2.75) is 17.2 Å². The van der Waals surface area contributed by atoms with E-state index in [-0.39, 0.29) is 29.3 Å². The third-order valence-corrected chi connectivity index (χ3v) is 7.53. The summed E-state index contributed by atoms with van der Waals surface area (Å²) in [6.07, 6.45) is 2.01. The molecule has 0 amide bonds. The molecule has 12 heteroatoms. The van der Waals surface area contributed by atoms with E-state index in [0.717, 1.165) is 42.5 Å². The molecule has 32 heavy (non-hydrogen) atoms. The van der Waals surface area contributed by atoms with Crippen LogP contribution < -0.4 is 14.8 Å². The molecule has 1 fully saturated rings. The average Bonchev–Trinajstić information content (AvgIpc) is 3.27. The summed E-state index contributed by atoms with van der Waals surface area (Å²) >= 11 is 6.75. The smallest absolute Gasteiger partial charge is 0.266 e. The fourth-order valence-electron chi connectivity index (χ4n) is 3.66. The molecule has 2 aromatic carbocycles. The van der Waals surface area contributed by atoms with Crippen molar-refractivity contribution in [3.05, 3.63) is 64.9 Å². The molecule has 7 nitrogen and oxygen atoms in total. The molecule has 1 aliphatic heterocycles. The van der Waals surface area contributed by atoms with Gasteiger partial charge < -0.3 is 10.1 Å². The highest BCUT2D eigenvalue weighted by molar-refractivity contribution is 7.93. The molecule has 1 saturated heterocycles. The Morgan fingerprint density at radius 2 is 2.00 bits per heavy atom. The Morgan fingerprint density at radius 1 is 1.22 bits per heavy atom. The zero-order valence-electron chi connectivity index (χ0n) is 16.6. The summed E-state index contributed by atoms with van der Waals surface area (Å²) in [5, 5.41) is 3.88. The van der Waals surface area contributed by atoms with Crippen LogP contribution in [-0.2, 0) is 10.0 Å². The highest BCUT2D eigenvalue weighted by Gasteiger charge is 2.28. The quantitative estimate of drug-likeness (QED) is 0.508. The second-order valence-corrected chi connectivity index (χ2v) is 10.2. The average molecular weight is 501 g/mol. The minimum absolute atomic E-state index is 0.00913. The Labute approximate surface area is 193 Å². The molecule has 0 aliphatic carbocycles. The highest BCUT2D eigenvalue weighted by Crippen LogP contribution is 2.33. The topological polar surface area (TPSA) is 93.2 Å². The van der Waals surface area contributed by atoms with Crippen molar-refractivity contribution in [3.8, 4) is 5.75 Å². The van der Waals surface area contributed by atoms with Crippen molar-refractivity contribution in [2.75, 3.05) is 24.4 Å². The first-order valence-electron chi connectivity index (χ1n) is 9.71. The number of sulfonamides is 1. The Kier molecular flexibility index (Phi) is 6.89. The van der Waals surface area contributed by atoms with E-state index in [1.165, 1.54) is 0 Å². The van der Waals surface area contributed by atoms with E-state index in [2.05, 4.69) is 19.4 Å². The molecule has 2 atom stereocenters. The van der Waals surface area contributed by atoms with Gasteiger partial charge in [-0.25, -0.2) is 22.2 Å². The van der Waals surface area contributed by atoms with Gasteiger partial charge in [0, 0.05) is 41.2 Å². The minimum Gasteiger partial charge on any atom is -0.490 e. The van der Waals surface area contributed by atoms with E-state index in [1.807, 2.05) is 24.3 Å². The van der Waals surface area contributed by atoms with Crippen LogP contribution in [0.25, 0.3) is 0 Å². The number of halogens is 3. The van der Waals surface area contributed by atoms with Crippen molar-refractivity contribution in [1.29, 1.82) is 0 Å². The summed E-state index contributed by atoms with van der Waals surface area (Å²) in [5.41, 5.74) is 1.10. The molecule has 2 heterocycles. The molecule has 2 N–H and O–H groups in total. The number of aromatic nitrogens is 2. The predicted octanol–water partition coefficient (Wildman–Crippen LogP) is 4.04. The van der Waals surface area contributed by atoms with Gasteiger partial charge in [0.05, 0.1) is 6.61 Å². The van der Waals surface area contributed by atoms with Gasteiger partial charge in [-0.05, 0) is 36.6 Å². The van der Waals surface area contributed by atoms with Gasteiger partial charge in [-0.1, -0.05) is 23.7 Å². The van der Waals surface area contributed by atoms with Crippen LogP contribution in [-0.4, -0.2) is 37.5 Å². The number of hydrogen-bond donors (Lipinski definition) is 2. The third kappa shape index (κ3) is 5.17. The first-order valence-corrected chi connectivity index (χ1v) is 12.3. The van der Waals surface area contributed by atoms with Gasteiger partial charge in [0.1, 0.15) is 17.0 Å². The van der Waals surface area contributed by atoms with Crippen molar-refractivity contribution in [1.82, 2.24) is 14.7 Å². The summed E-state index contributed by atoms with van der Waals surface area (Å²) in [6, 6.07) is 8.90. The molecule has 0 spiro atoms. The molecule has 0 bridgehead atoms. The van der Waals surface area contributed by atoms with Gasteiger partial charge in [0.15, 0.2) is 11.6 Å². The maximum absolute atomic E-state index is 14.6. The molecule has 170 valence electrons. The molecule has 0 saturated carbocycles. The first kappa shape index (κ1) is 22.8. The molecular weight excluding hydrogens is 482 g/mol. The molecule has 0 unspecified atom stereocenters. The van der Waals surface area contributed by atoms with Crippen molar-refractivity contribution >= 4 is 38.3 Å². The summed E-state index contributed by atoms with van der Waals surface area (Å²) in [5.74, 6) is -2.28. The van der Waals surface area contributed by atoms with Gasteiger partial charge in [0.2, 0.25) is 5.13 Å². The molecule has 4 rings (SSSR count). The summed E-state index contributed by atoms with van der Waals surface area (Å²) in [4.78, 5) is 2.84. The van der Waals surface area contributed by atoms with E-state index in [4.69, 9.17) is 16.3 Å². The number of ether oxygens (including phenoxy) is 1. The number of piperidine rings is 1. The number of rotatable bonds is 7. The lowest BCUT2D eigenvalue weighted by molar-refractivity contribution is 0.190. The first-order chi connectivity index (χ1) is 15.3. The molecule has 0 radical (unpaired) electrons. The third-order valence-electron chi connectivity index (χ3n) is 5.22. The molecule has 3 aromatic rings. The Balaban J connectivity index is 1.49. The second kappa shape index (κ2) is 9.65. The monoisotopic (exact) mass is 500 g/mol. The van der Waals surface area contributed by atoms with Gasteiger partial charge in [0.25, 0.3) is 10.0 Å². The van der Waals surface area contributed by atoms with Crippen molar-refractivity contribution in [2.24, 2.45) is 5.92 Å². The van der Waals surface area contributed by atoms with Gasteiger partial charge in [-0.15, -0.1) is 0 Å². The van der Waals surface area contributed by atoms with Crippen molar-refractivity contribution < 1.29 is 21.9 Å². The molecule has 1 aliphatic rings. The summed E-state index contributed by atoms with van der Waals surface area (Å²) in [7, 11) is -4.37. The SMILES string of the molecule is O=S(=O)(Nc1ncns1)c1cc(F)c(OC[C@@H]2CNCC[C@H]2c2ccc(Cl)cc2)cc1F. The number of benzene rings is 2. The summed E-state index contributed by atoms with van der Waals surface area (Å²) in [6.45, 7) is 1.61. The number of hydrogen-bond acceptors (Lipinski definition) is 7. The van der Waals surface area contributed by atoms with E-state index in [0.29, 0.717) is 17.6 Å². The second-order valence-electron chi connectivity index (χ2n) is 7.29. The standard InChI is InChI=1S/C20H19ClF2N4O3S2/c21-14-3-1-12(2-4-14)15-5-6-24-9-13(15)10-30-18-7-17(23)19(8-16(18)22)32(28,29)27-20-25-11-26-31-20/h1-4,7-8,11,13,15,24H,5-6,9-10H2,(H,25,26,27)/t13-,15-/m0/s1. The Bertz CT molecular complexity index is 1180. The van der Waals surface area contributed by atoms with Crippen molar-refractivity contribution in [3.63, 3.8) is 0 Å². The Hall–Kier alpha value is -2.34. The maximum atomic E-state index is 14.6. The Morgan fingerprint density at radius 3 is 2.72 bits per heavy atom. The number of anilines is 1. The van der Waals surface area contributed by atoms with Gasteiger partial charge >= 0.3 is 0 Å². The normalized spacial score (nSPS) is 19.0. The van der Waals surface area contributed by atoms with Crippen LogP contribution >= 0.6 is 23.1 Å². The van der Waals surface area contributed by atoms with Crippen LogP contribution in [0, 0.1) is 17.6 Å². The fourth-order valence-corrected chi connectivity index (χ4v) is 5.52. The highest BCUT2D eigenvalue weighted by atomic mass is 35.5. The zero-order chi connectivity index (χ0) is 22.7. The van der Waals surface area contributed by atoms with Crippen LogP contribution in [0.1, 0.15) is 17.9 Å². The minimum atomic E-state index is -4.37. The fraction of sp³-hybridized carbons (Fsp3) is 0.300. The predicted molar refractivity (Wildman–Crippen MR) is 118 cm³/mol. The van der Waals surface area contributed by atoms with E-state index >= 15 is 0 Å². The lowest BCUT2D eigenvalue weighted by Crippen LogP contribution is -2.38. The maximum Gasteiger partial charge on any atom is 0.266 e. The molecule has 1 aromatic heterocycles. The number of nitrogens with zero attached hydrogens (tertiary/aromatic N) is 2. The van der Waals surface area contributed by atoms with E-state index in [1.54, 1.807) is 0 Å².